The fraction of sp³-hybridized carbons (Fsp3) is 0.538. The van der Waals surface area contributed by atoms with Gasteiger partial charge in [0.2, 0.25) is 0 Å². The highest BCUT2D eigenvalue weighted by molar-refractivity contribution is 6.32. The van der Waals surface area contributed by atoms with E-state index in [1.807, 2.05) is 12.1 Å². The Morgan fingerprint density at radius 2 is 2.29 bits per heavy atom. The Labute approximate surface area is 107 Å². The van der Waals surface area contributed by atoms with E-state index >= 15 is 0 Å². The van der Waals surface area contributed by atoms with E-state index in [9.17, 15) is 5.11 Å². The van der Waals surface area contributed by atoms with E-state index in [-0.39, 0.29) is 5.75 Å². The van der Waals surface area contributed by atoms with Gasteiger partial charge in [-0.1, -0.05) is 17.7 Å². The lowest BCUT2D eigenvalue weighted by atomic mass is 9.98. The van der Waals surface area contributed by atoms with Crippen LogP contribution in [0.3, 0.4) is 0 Å². The van der Waals surface area contributed by atoms with Crippen molar-refractivity contribution in [2.75, 3.05) is 6.54 Å². The minimum atomic E-state index is 0.143. The van der Waals surface area contributed by atoms with E-state index in [4.69, 9.17) is 17.3 Å². The molecule has 17 heavy (non-hydrogen) atoms. The Bertz CT molecular complexity index is 397. The minimum Gasteiger partial charge on any atom is -0.506 e. The second-order valence-corrected chi connectivity index (χ2v) is 5.30. The Morgan fingerprint density at radius 1 is 1.53 bits per heavy atom. The molecule has 1 aliphatic rings. The molecule has 1 fully saturated rings. The molecule has 2 rings (SSSR count). The molecule has 1 saturated heterocycles. The van der Waals surface area contributed by atoms with E-state index in [0.29, 0.717) is 17.1 Å². The molecule has 3 N–H and O–H groups in total. The number of hydrogen-bond donors (Lipinski definition) is 2. The van der Waals surface area contributed by atoms with Crippen molar-refractivity contribution in [3.05, 3.63) is 28.8 Å². The Hall–Kier alpha value is -0.770. The van der Waals surface area contributed by atoms with Crippen LogP contribution in [0, 0.1) is 0 Å². The number of likely N-dealkylation sites (tertiary alicyclic amines) is 1. The molecule has 1 aromatic carbocycles. The fourth-order valence-corrected chi connectivity index (χ4v) is 2.58. The van der Waals surface area contributed by atoms with Gasteiger partial charge in [0.1, 0.15) is 5.75 Å². The predicted molar refractivity (Wildman–Crippen MR) is 70.2 cm³/mol. The van der Waals surface area contributed by atoms with Crippen LogP contribution < -0.4 is 5.73 Å². The van der Waals surface area contributed by atoms with Gasteiger partial charge in [0.15, 0.2) is 0 Å². The zero-order chi connectivity index (χ0) is 12.4. The Balaban J connectivity index is 2.02. The third-order valence-corrected chi connectivity index (χ3v) is 3.75. The van der Waals surface area contributed by atoms with Crippen LogP contribution in [0.5, 0.6) is 5.75 Å². The van der Waals surface area contributed by atoms with Gasteiger partial charge in [0.05, 0.1) is 5.02 Å². The predicted octanol–water partition coefficient (Wildman–Crippen LogP) is 2.36. The van der Waals surface area contributed by atoms with Crippen molar-refractivity contribution in [1.29, 1.82) is 0 Å². The highest BCUT2D eigenvalue weighted by atomic mass is 35.5. The van der Waals surface area contributed by atoms with Crippen LogP contribution in [-0.4, -0.2) is 28.6 Å². The van der Waals surface area contributed by atoms with Gasteiger partial charge < -0.3 is 10.8 Å². The highest BCUT2D eigenvalue weighted by Gasteiger charge is 2.23. The summed E-state index contributed by atoms with van der Waals surface area (Å²) in [7, 11) is 0. The van der Waals surface area contributed by atoms with Crippen LogP contribution in [0.4, 0.5) is 0 Å². The molecule has 3 nitrogen and oxygen atoms in total. The summed E-state index contributed by atoms with van der Waals surface area (Å²) in [6, 6.07) is 6.24. The number of rotatable bonds is 2. The largest absolute Gasteiger partial charge is 0.506 e. The molecule has 1 heterocycles. The van der Waals surface area contributed by atoms with Gasteiger partial charge in [-0.05, 0) is 37.5 Å². The summed E-state index contributed by atoms with van der Waals surface area (Å²) in [5.74, 6) is 0.143. The average molecular weight is 255 g/mol. The zero-order valence-corrected chi connectivity index (χ0v) is 10.8. The molecule has 1 aliphatic heterocycles. The van der Waals surface area contributed by atoms with Crippen molar-refractivity contribution in [1.82, 2.24) is 4.90 Å². The summed E-state index contributed by atoms with van der Waals surface area (Å²) < 4.78 is 0. The molecule has 2 atom stereocenters. The Morgan fingerprint density at radius 3 is 2.94 bits per heavy atom. The van der Waals surface area contributed by atoms with Crippen molar-refractivity contribution in [3.63, 3.8) is 0 Å². The number of hydrogen-bond acceptors (Lipinski definition) is 3. The number of phenols is 1. The van der Waals surface area contributed by atoms with Crippen LogP contribution in [0.1, 0.15) is 25.3 Å². The number of nitrogens with two attached hydrogens (primary N) is 1. The van der Waals surface area contributed by atoms with E-state index in [1.165, 1.54) is 0 Å². The number of piperidine rings is 1. The zero-order valence-electron chi connectivity index (χ0n) is 10.1. The first-order chi connectivity index (χ1) is 8.06. The lowest BCUT2D eigenvalue weighted by Crippen LogP contribution is -2.44. The third kappa shape index (κ3) is 3.12. The molecular weight excluding hydrogens is 236 g/mol. The molecule has 1 aromatic rings. The number of nitrogens with zero attached hydrogens (tertiary/aromatic N) is 1. The lowest BCUT2D eigenvalue weighted by Gasteiger charge is -2.36. The average Bonchev–Trinajstić information content (AvgIpc) is 2.27. The summed E-state index contributed by atoms with van der Waals surface area (Å²) in [5.41, 5.74) is 7.08. The first-order valence-electron chi connectivity index (χ1n) is 6.03. The first-order valence-corrected chi connectivity index (χ1v) is 6.41. The molecule has 94 valence electrons. The van der Waals surface area contributed by atoms with E-state index < -0.39 is 0 Å². The number of halogens is 1. The van der Waals surface area contributed by atoms with Crippen molar-refractivity contribution in [2.24, 2.45) is 5.73 Å². The molecule has 0 bridgehead atoms. The molecule has 2 unspecified atom stereocenters. The maximum absolute atomic E-state index is 9.37. The van der Waals surface area contributed by atoms with Crippen molar-refractivity contribution in [2.45, 2.75) is 38.4 Å². The van der Waals surface area contributed by atoms with Gasteiger partial charge in [0, 0.05) is 25.2 Å². The molecule has 0 spiro atoms. The van der Waals surface area contributed by atoms with E-state index in [1.54, 1.807) is 6.07 Å². The van der Waals surface area contributed by atoms with E-state index in [0.717, 1.165) is 31.5 Å². The number of benzene rings is 1. The van der Waals surface area contributed by atoms with Gasteiger partial charge in [-0.2, -0.15) is 0 Å². The van der Waals surface area contributed by atoms with Crippen molar-refractivity contribution >= 4 is 11.6 Å². The molecular formula is C13H19ClN2O. The molecule has 0 aliphatic carbocycles. The molecule has 0 radical (unpaired) electrons. The van der Waals surface area contributed by atoms with Gasteiger partial charge >= 0.3 is 0 Å². The normalized spacial score (nSPS) is 26.1. The molecule has 0 amide bonds. The van der Waals surface area contributed by atoms with Gasteiger partial charge in [-0.25, -0.2) is 0 Å². The highest BCUT2D eigenvalue weighted by Crippen LogP contribution is 2.25. The second-order valence-electron chi connectivity index (χ2n) is 4.89. The standard InChI is InChI=1S/C13H19ClN2O/c1-9-6-11(15)4-5-16(9)8-10-2-3-13(17)12(14)7-10/h2-3,7,9,11,17H,4-6,8,15H2,1H3. The quantitative estimate of drug-likeness (QED) is 0.852. The first kappa shape index (κ1) is 12.7. The van der Waals surface area contributed by atoms with Gasteiger partial charge in [-0.15, -0.1) is 0 Å². The summed E-state index contributed by atoms with van der Waals surface area (Å²) in [6.07, 6.45) is 2.10. The number of aromatic hydroxyl groups is 1. The Kier molecular flexibility index (Phi) is 3.92. The monoisotopic (exact) mass is 254 g/mol. The maximum atomic E-state index is 9.37. The van der Waals surface area contributed by atoms with Crippen LogP contribution in [-0.2, 0) is 6.54 Å². The van der Waals surface area contributed by atoms with Crippen LogP contribution >= 0.6 is 11.6 Å². The molecule has 0 saturated carbocycles. The van der Waals surface area contributed by atoms with Crippen LogP contribution in [0.2, 0.25) is 5.02 Å². The topological polar surface area (TPSA) is 49.5 Å². The number of phenolic OH excluding ortho intramolecular Hbond substituents is 1. The maximum Gasteiger partial charge on any atom is 0.134 e. The summed E-state index contributed by atoms with van der Waals surface area (Å²) >= 11 is 5.90. The third-order valence-electron chi connectivity index (χ3n) is 3.45. The van der Waals surface area contributed by atoms with Crippen molar-refractivity contribution < 1.29 is 5.11 Å². The van der Waals surface area contributed by atoms with Crippen LogP contribution in [0.25, 0.3) is 0 Å². The smallest absolute Gasteiger partial charge is 0.134 e. The minimum absolute atomic E-state index is 0.143. The van der Waals surface area contributed by atoms with E-state index in [2.05, 4.69) is 11.8 Å². The van der Waals surface area contributed by atoms with Gasteiger partial charge in [0.25, 0.3) is 0 Å². The van der Waals surface area contributed by atoms with Gasteiger partial charge in [-0.3, -0.25) is 4.90 Å². The van der Waals surface area contributed by atoms with Crippen molar-refractivity contribution in [3.8, 4) is 5.75 Å². The fourth-order valence-electron chi connectivity index (χ4n) is 2.38. The summed E-state index contributed by atoms with van der Waals surface area (Å²) in [5, 5.41) is 9.79. The lowest BCUT2D eigenvalue weighted by molar-refractivity contribution is 0.140. The summed E-state index contributed by atoms with van der Waals surface area (Å²) in [4.78, 5) is 2.41. The molecule has 4 heteroatoms. The summed E-state index contributed by atoms with van der Waals surface area (Å²) in [6.45, 7) is 4.11. The molecule has 0 aromatic heterocycles. The van der Waals surface area contributed by atoms with Crippen LogP contribution in [0.15, 0.2) is 18.2 Å². The SMILES string of the molecule is CC1CC(N)CCN1Cc1ccc(O)c(Cl)c1. The second kappa shape index (κ2) is 5.25.